The van der Waals surface area contributed by atoms with E-state index in [1.807, 2.05) is 37.3 Å². The molecular formula is C16H17N3O3. The summed E-state index contributed by atoms with van der Waals surface area (Å²) in [5.74, 6) is 0.0148. The van der Waals surface area contributed by atoms with Gasteiger partial charge in [-0.2, -0.15) is 0 Å². The third-order valence-corrected chi connectivity index (χ3v) is 3.64. The van der Waals surface area contributed by atoms with Crippen molar-refractivity contribution in [1.82, 2.24) is 14.8 Å². The van der Waals surface area contributed by atoms with Crippen LogP contribution in [-0.2, 0) is 11.2 Å². The summed E-state index contributed by atoms with van der Waals surface area (Å²) in [6.45, 7) is 3.68. The Morgan fingerprint density at radius 1 is 1.36 bits per heavy atom. The molecule has 2 heterocycles. The maximum Gasteiger partial charge on any atom is 0.326 e. The van der Waals surface area contributed by atoms with E-state index in [4.69, 9.17) is 4.42 Å². The van der Waals surface area contributed by atoms with Gasteiger partial charge in [-0.05, 0) is 25.5 Å². The number of nitrogens with zero attached hydrogens (tertiary/aromatic N) is 3. The average Bonchev–Trinajstić information content (AvgIpc) is 3.10. The quantitative estimate of drug-likeness (QED) is 0.781. The topological polar surface area (TPSA) is 81.2 Å². The molecule has 6 heteroatoms. The van der Waals surface area contributed by atoms with Crippen LogP contribution in [-0.4, -0.2) is 25.8 Å². The first-order valence-electron chi connectivity index (χ1n) is 7.27. The molecule has 114 valence electrons. The SMILES string of the molecule is CCCc1nnc(-c2cc3ccccc3n2C(C)C(=O)O)o1. The highest BCUT2D eigenvalue weighted by molar-refractivity contribution is 5.88. The lowest BCUT2D eigenvalue weighted by molar-refractivity contribution is -0.140. The molecule has 6 nitrogen and oxygen atoms in total. The molecule has 0 saturated heterocycles. The van der Waals surface area contributed by atoms with Crippen molar-refractivity contribution in [2.45, 2.75) is 32.7 Å². The molecule has 1 N–H and O–H groups in total. The molecule has 0 saturated carbocycles. The molecule has 0 bridgehead atoms. The second kappa shape index (κ2) is 5.63. The van der Waals surface area contributed by atoms with Gasteiger partial charge in [-0.15, -0.1) is 10.2 Å². The third kappa shape index (κ3) is 2.36. The minimum absolute atomic E-state index is 0.354. The van der Waals surface area contributed by atoms with Crippen LogP contribution in [0.5, 0.6) is 0 Å². The Morgan fingerprint density at radius 2 is 2.14 bits per heavy atom. The fourth-order valence-electron chi connectivity index (χ4n) is 2.54. The van der Waals surface area contributed by atoms with Gasteiger partial charge in [-0.3, -0.25) is 0 Å². The van der Waals surface area contributed by atoms with Crippen LogP contribution in [0.25, 0.3) is 22.5 Å². The second-order valence-electron chi connectivity index (χ2n) is 5.22. The van der Waals surface area contributed by atoms with E-state index >= 15 is 0 Å². The predicted molar refractivity (Wildman–Crippen MR) is 81.6 cm³/mol. The van der Waals surface area contributed by atoms with Gasteiger partial charge in [0.05, 0.1) is 0 Å². The minimum Gasteiger partial charge on any atom is -0.480 e. The zero-order valence-corrected chi connectivity index (χ0v) is 12.5. The summed E-state index contributed by atoms with van der Waals surface area (Å²) in [5, 5.41) is 18.4. The van der Waals surface area contributed by atoms with Gasteiger partial charge in [0.1, 0.15) is 11.7 Å². The molecule has 3 aromatic rings. The van der Waals surface area contributed by atoms with Crippen molar-refractivity contribution >= 4 is 16.9 Å². The molecule has 0 radical (unpaired) electrons. The Morgan fingerprint density at radius 3 is 2.86 bits per heavy atom. The molecule has 1 unspecified atom stereocenters. The van der Waals surface area contributed by atoms with E-state index < -0.39 is 12.0 Å². The van der Waals surface area contributed by atoms with Gasteiger partial charge in [0.2, 0.25) is 5.89 Å². The lowest BCUT2D eigenvalue weighted by Crippen LogP contribution is -2.16. The normalized spacial score (nSPS) is 12.6. The number of benzene rings is 1. The number of carbonyl (C=O) groups is 1. The highest BCUT2D eigenvalue weighted by atomic mass is 16.4. The molecule has 0 aliphatic heterocycles. The van der Waals surface area contributed by atoms with Crippen molar-refractivity contribution in [1.29, 1.82) is 0 Å². The molecule has 3 rings (SSSR count). The van der Waals surface area contributed by atoms with E-state index in [-0.39, 0.29) is 0 Å². The predicted octanol–water partition coefficient (Wildman–Crippen LogP) is 3.29. The van der Waals surface area contributed by atoms with Crippen LogP contribution in [0.4, 0.5) is 0 Å². The zero-order chi connectivity index (χ0) is 15.7. The summed E-state index contributed by atoms with van der Waals surface area (Å²) < 4.78 is 7.40. The highest BCUT2D eigenvalue weighted by Gasteiger charge is 2.23. The van der Waals surface area contributed by atoms with Gasteiger partial charge in [-0.25, -0.2) is 4.79 Å². The molecule has 0 fully saturated rings. The standard InChI is InChI=1S/C16H17N3O3/c1-3-6-14-17-18-15(22-14)13-9-11-7-4-5-8-12(11)19(13)10(2)16(20)21/h4-5,7-10H,3,6H2,1-2H3,(H,20,21). The number of hydrogen-bond acceptors (Lipinski definition) is 4. The summed E-state index contributed by atoms with van der Waals surface area (Å²) in [6, 6.07) is 8.79. The fourth-order valence-corrected chi connectivity index (χ4v) is 2.54. The number of fused-ring (bicyclic) bond motifs is 1. The Balaban J connectivity index is 2.18. The number of carboxylic acids is 1. The van der Waals surface area contributed by atoms with Crippen molar-refractivity contribution in [2.75, 3.05) is 0 Å². The summed E-state index contributed by atoms with van der Waals surface area (Å²) in [5.41, 5.74) is 1.47. The van der Waals surface area contributed by atoms with Crippen molar-refractivity contribution in [3.05, 3.63) is 36.2 Å². The van der Waals surface area contributed by atoms with Gasteiger partial charge in [-0.1, -0.05) is 25.1 Å². The van der Waals surface area contributed by atoms with E-state index in [0.717, 1.165) is 17.3 Å². The van der Waals surface area contributed by atoms with E-state index in [2.05, 4.69) is 10.2 Å². The van der Waals surface area contributed by atoms with Crippen molar-refractivity contribution in [3.63, 3.8) is 0 Å². The Hall–Kier alpha value is -2.63. The lowest BCUT2D eigenvalue weighted by atomic mass is 10.2. The summed E-state index contributed by atoms with van der Waals surface area (Å²) in [7, 11) is 0. The molecule has 1 aromatic carbocycles. The molecule has 0 aliphatic carbocycles. The van der Waals surface area contributed by atoms with Crippen molar-refractivity contribution in [2.24, 2.45) is 0 Å². The van der Waals surface area contributed by atoms with E-state index in [0.29, 0.717) is 23.9 Å². The first-order valence-corrected chi connectivity index (χ1v) is 7.27. The van der Waals surface area contributed by atoms with E-state index in [1.165, 1.54) is 0 Å². The number of aromatic nitrogens is 3. The van der Waals surface area contributed by atoms with Gasteiger partial charge in [0.25, 0.3) is 5.89 Å². The van der Waals surface area contributed by atoms with Crippen LogP contribution in [0.3, 0.4) is 0 Å². The first kappa shape index (κ1) is 14.3. The Kier molecular flexibility index (Phi) is 3.66. The van der Waals surface area contributed by atoms with Crippen molar-refractivity contribution in [3.8, 4) is 11.6 Å². The van der Waals surface area contributed by atoms with Gasteiger partial charge in [0, 0.05) is 17.3 Å². The molecular weight excluding hydrogens is 282 g/mol. The van der Waals surface area contributed by atoms with Crippen LogP contribution in [0.1, 0.15) is 32.2 Å². The van der Waals surface area contributed by atoms with Gasteiger partial charge in [0.15, 0.2) is 0 Å². The van der Waals surface area contributed by atoms with Crippen LogP contribution in [0.15, 0.2) is 34.7 Å². The van der Waals surface area contributed by atoms with E-state index in [1.54, 1.807) is 11.5 Å². The molecule has 22 heavy (non-hydrogen) atoms. The Labute approximate surface area is 127 Å². The van der Waals surface area contributed by atoms with Crippen molar-refractivity contribution < 1.29 is 14.3 Å². The molecule has 1 atom stereocenters. The zero-order valence-electron chi connectivity index (χ0n) is 12.5. The molecule has 0 aliphatic rings. The van der Waals surface area contributed by atoms with Crippen LogP contribution < -0.4 is 0 Å². The fraction of sp³-hybridized carbons (Fsp3) is 0.312. The average molecular weight is 299 g/mol. The monoisotopic (exact) mass is 299 g/mol. The van der Waals surface area contributed by atoms with Crippen LogP contribution >= 0.6 is 0 Å². The smallest absolute Gasteiger partial charge is 0.326 e. The molecule has 2 aromatic heterocycles. The van der Waals surface area contributed by atoms with Gasteiger partial charge < -0.3 is 14.1 Å². The highest BCUT2D eigenvalue weighted by Crippen LogP contribution is 2.31. The van der Waals surface area contributed by atoms with Crippen LogP contribution in [0, 0.1) is 0 Å². The lowest BCUT2D eigenvalue weighted by Gasteiger charge is -2.13. The molecule has 0 spiro atoms. The Bertz CT molecular complexity index is 819. The number of para-hydroxylation sites is 1. The summed E-state index contributed by atoms with van der Waals surface area (Å²) in [6.07, 6.45) is 1.62. The summed E-state index contributed by atoms with van der Waals surface area (Å²) in [4.78, 5) is 11.4. The number of rotatable bonds is 5. The van der Waals surface area contributed by atoms with E-state index in [9.17, 15) is 9.90 Å². The molecule has 0 amide bonds. The summed E-state index contributed by atoms with van der Waals surface area (Å²) >= 11 is 0. The second-order valence-corrected chi connectivity index (χ2v) is 5.22. The number of hydrogen-bond donors (Lipinski definition) is 1. The first-order chi connectivity index (χ1) is 10.6. The number of aliphatic carboxylic acids is 1. The number of aryl methyl sites for hydroxylation is 1. The third-order valence-electron chi connectivity index (χ3n) is 3.64. The number of carboxylic acid groups (broad SMARTS) is 1. The maximum absolute atomic E-state index is 11.4. The largest absolute Gasteiger partial charge is 0.480 e. The maximum atomic E-state index is 11.4. The minimum atomic E-state index is -0.907. The van der Waals surface area contributed by atoms with Crippen LogP contribution in [0.2, 0.25) is 0 Å². The van der Waals surface area contributed by atoms with Gasteiger partial charge >= 0.3 is 5.97 Å².